The van der Waals surface area contributed by atoms with Crippen LogP contribution in [0.15, 0.2) is 36.7 Å². The first-order valence-electron chi connectivity index (χ1n) is 6.07. The molecule has 2 unspecified atom stereocenters. The van der Waals surface area contributed by atoms with Crippen LogP contribution in [-0.2, 0) is 6.67 Å². The van der Waals surface area contributed by atoms with Gasteiger partial charge in [-0.15, -0.1) is 9.13 Å². The summed E-state index contributed by atoms with van der Waals surface area (Å²) >= 11 is 1.72. The molecule has 0 saturated carbocycles. The minimum Gasteiger partial charge on any atom is -0.387 e. The Bertz CT molecular complexity index is 656. The lowest BCUT2D eigenvalue weighted by Crippen LogP contribution is -2.44. The largest absolute Gasteiger partial charge is 0.387 e. The molecule has 2 aliphatic rings. The molecule has 0 aromatic carbocycles. The SMILES string of the molecule is CSC1c2ccc[n+]3c2-c2c(ccc[n+]2C3)C1O. The van der Waals surface area contributed by atoms with Gasteiger partial charge in [0, 0.05) is 17.7 Å². The van der Waals surface area contributed by atoms with Crippen LogP contribution in [0.4, 0.5) is 0 Å². The summed E-state index contributed by atoms with van der Waals surface area (Å²) in [4.78, 5) is 0. The molecule has 0 amide bonds. The van der Waals surface area contributed by atoms with Crippen LogP contribution in [0.2, 0.25) is 0 Å². The van der Waals surface area contributed by atoms with Gasteiger partial charge in [-0.2, -0.15) is 11.8 Å². The van der Waals surface area contributed by atoms with E-state index < -0.39 is 6.10 Å². The minimum atomic E-state index is -0.413. The third-order valence-electron chi connectivity index (χ3n) is 3.90. The van der Waals surface area contributed by atoms with Crippen molar-refractivity contribution in [2.24, 2.45) is 0 Å². The van der Waals surface area contributed by atoms with Crippen molar-refractivity contribution in [1.82, 2.24) is 0 Å². The maximum Gasteiger partial charge on any atom is 0.345 e. The van der Waals surface area contributed by atoms with E-state index in [9.17, 15) is 5.11 Å². The van der Waals surface area contributed by atoms with Crippen LogP contribution in [0.5, 0.6) is 0 Å². The van der Waals surface area contributed by atoms with Crippen molar-refractivity contribution in [3.05, 3.63) is 47.8 Å². The molecular formula is C14H14N2OS+2. The summed E-state index contributed by atoms with van der Waals surface area (Å²) in [6.07, 6.45) is 5.85. The zero-order chi connectivity index (χ0) is 12.3. The second-order valence-electron chi connectivity index (χ2n) is 4.81. The lowest BCUT2D eigenvalue weighted by atomic mass is 9.90. The van der Waals surface area contributed by atoms with Crippen molar-refractivity contribution in [2.45, 2.75) is 18.0 Å². The van der Waals surface area contributed by atoms with Gasteiger partial charge in [0.1, 0.15) is 6.10 Å². The highest BCUT2D eigenvalue weighted by Crippen LogP contribution is 2.48. The Kier molecular flexibility index (Phi) is 2.08. The van der Waals surface area contributed by atoms with Gasteiger partial charge in [0.15, 0.2) is 12.4 Å². The second kappa shape index (κ2) is 3.56. The average Bonchev–Trinajstić information content (AvgIpc) is 2.77. The van der Waals surface area contributed by atoms with E-state index in [-0.39, 0.29) is 5.25 Å². The molecule has 2 atom stereocenters. The predicted octanol–water partition coefficient (Wildman–Crippen LogP) is 1.20. The molecule has 18 heavy (non-hydrogen) atoms. The maximum absolute atomic E-state index is 10.6. The standard InChI is InChI=1S/C14H14N2OS/c1-18-14-10-5-3-7-16-8-15-6-2-4-9(13(14)17)11(15)12(10)16/h2-7,13-14,17H,8H2,1H3/q+2. The third-order valence-corrected chi connectivity index (χ3v) is 4.92. The molecule has 0 bridgehead atoms. The van der Waals surface area contributed by atoms with Gasteiger partial charge < -0.3 is 5.11 Å². The number of nitrogens with zero attached hydrogens (tertiary/aromatic N) is 2. The van der Waals surface area contributed by atoms with E-state index in [1.807, 2.05) is 12.1 Å². The average molecular weight is 258 g/mol. The van der Waals surface area contributed by atoms with Crippen LogP contribution in [0.3, 0.4) is 0 Å². The van der Waals surface area contributed by atoms with Gasteiger partial charge in [-0.05, 0) is 18.4 Å². The second-order valence-corrected chi connectivity index (χ2v) is 5.79. The van der Waals surface area contributed by atoms with E-state index in [4.69, 9.17) is 0 Å². The quantitative estimate of drug-likeness (QED) is 0.664. The zero-order valence-corrected chi connectivity index (χ0v) is 10.9. The molecule has 1 N–H and O–H groups in total. The highest BCUT2D eigenvalue weighted by Gasteiger charge is 2.47. The number of thioether (sulfide) groups is 1. The highest BCUT2D eigenvalue weighted by atomic mass is 32.2. The molecule has 0 radical (unpaired) electrons. The van der Waals surface area contributed by atoms with Crippen LogP contribution in [-0.4, -0.2) is 11.4 Å². The molecule has 0 fully saturated rings. The predicted molar refractivity (Wildman–Crippen MR) is 68.9 cm³/mol. The van der Waals surface area contributed by atoms with Crippen molar-refractivity contribution in [2.75, 3.05) is 6.26 Å². The first-order chi connectivity index (χ1) is 8.81. The number of aliphatic hydroxyl groups excluding tert-OH is 1. The van der Waals surface area contributed by atoms with Crippen molar-refractivity contribution in [1.29, 1.82) is 0 Å². The van der Waals surface area contributed by atoms with Gasteiger partial charge in [-0.3, -0.25) is 0 Å². The van der Waals surface area contributed by atoms with Crippen LogP contribution in [0.25, 0.3) is 11.4 Å². The lowest BCUT2D eigenvalue weighted by molar-refractivity contribution is -0.877. The number of hydrogen-bond donors (Lipinski definition) is 1. The molecule has 2 aromatic heterocycles. The van der Waals surface area contributed by atoms with Crippen LogP contribution < -0.4 is 9.13 Å². The Morgan fingerprint density at radius 3 is 2.39 bits per heavy atom. The Morgan fingerprint density at radius 2 is 1.72 bits per heavy atom. The molecular weight excluding hydrogens is 244 g/mol. The van der Waals surface area contributed by atoms with Crippen molar-refractivity contribution in [3.8, 4) is 11.4 Å². The summed E-state index contributed by atoms with van der Waals surface area (Å²) in [5.74, 6) is 0. The van der Waals surface area contributed by atoms with Crippen molar-refractivity contribution < 1.29 is 14.2 Å². The fraction of sp³-hybridized carbons (Fsp3) is 0.286. The van der Waals surface area contributed by atoms with E-state index >= 15 is 0 Å². The van der Waals surface area contributed by atoms with Gasteiger partial charge in [-0.1, -0.05) is 0 Å². The molecule has 4 rings (SSSR count). The molecule has 3 heterocycles. The van der Waals surface area contributed by atoms with Gasteiger partial charge in [0.25, 0.3) is 11.4 Å². The van der Waals surface area contributed by atoms with Crippen molar-refractivity contribution in [3.63, 3.8) is 0 Å². The van der Waals surface area contributed by atoms with Crippen molar-refractivity contribution >= 4 is 11.8 Å². The lowest BCUT2D eigenvalue weighted by Gasteiger charge is -2.24. The first kappa shape index (κ1) is 10.5. The van der Waals surface area contributed by atoms with Gasteiger partial charge in [0.2, 0.25) is 0 Å². The van der Waals surface area contributed by atoms with Crippen LogP contribution >= 0.6 is 11.8 Å². The smallest absolute Gasteiger partial charge is 0.345 e. The Morgan fingerprint density at radius 1 is 1.11 bits per heavy atom. The highest BCUT2D eigenvalue weighted by molar-refractivity contribution is 7.98. The molecule has 0 spiro atoms. The monoisotopic (exact) mass is 258 g/mol. The topological polar surface area (TPSA) is 28.0 Å². The Labute approximate surface area is 110 Å². The zero-order valence-electron chi connectivity index (χ0n) is 10.1. The summed E-state index contributed by atoms with van der Waals surface area (Å²) in [5, 5.41) is 10.7. The molecule has 3 nitrogen and oxygen atoms in total. The first-order valence-corrected chi connectivity index (χ1v) is 7.36. The van der Waals surface area contributed by atoms with Gasteiger partial charge >= 0.3 is 6.67 Å². The Hall–Kier alpha value is -1.39. The summed E-state index contributed by atoms with van der Waals surface area (Å²) in [6, 6.07) is 8.29. The number of aliphatic hydroxyl groups is 1. The fourth-order valence-electron chi connectivity index (χ4n) is 3.14. The van der Waals surface area contributed by atoms with E-state index in [1.165, 1.54) is 17.0 Å². The summed E-state index contributed by atoms with van der Waals surface area (Å²) in [5.41, 5.74) is 4.77. The number of hydrogen-bond acceptors (Lipinski definition) is 2. The normalized spacial score (nSPS) is 23.0. The van der Waals surface area contributed by atoms with Crippen LogP contribution in [0.1, 0.15) is 22.5 Å². The van der Waals surface area contributed by atoms with E-state index in [0.29, 0.717) is 0 Å². The van der Waals surface area contributed by atoms with E-state index in [2.05, 4.69) is 39.9 Å². The Balaban J connectivity index is 2.12. The minimum absolute atomic E-state index is 0.133. The fourth-order valence-corrected chi connectivity index (χ4v) is 3.99. The summed E-state index contributed by atoms with van der Waals surface area (Å²) in [7, 11) is 0. The van der Waals surface area contributed by atoms with E-state index in [1.54, 1.807) is 11.8 Å². The van der Waals surface area contributed by atoms with Crippen LogP contribution in [0, 0.1) is 0 Å². The third kappa shape index (κ3) is 1.15. The molecule has 4 heteroatoms. The number of aromatic nitrogens is 2. The molecule has 90 valence electrons. The van der Waals surface area contributed by atoms with Gasteiger partial charge in [0.05, 0.1) is 10.8 Å². The van der Waals surface area contributed by atoms with E-state index in [0.717, 1.165) is 12.2 Å². The van der Waals surface area contributed by atoms with Gasteiger partial charge in [-0.25, -0.2) is 0 Å². The molecule has 1 aliphatic heterocycles. The summed E-state index contributed by atoms with van der Waals surface area (Å²) < 4.78 is 4.48. The molecule has 0 saturated heterocycles. The number of rotatable bonds is 1. The molecule has 2 aromatic rings. The number of pyridine rings is 2. The summed E-state index contributed by atoms with van der Waals surface area (Å²) in [6.45, 7) is 0.847. The molecule has 1 aliphatic carbocycles. The maximum atomic E-state index is 10.6.